The van der Waals surface area contributed by atoms with E-state index < -0.39 is 0 Å². The largest absolute Gasteiger partial charge is 0.466 e. The summed E-state index contributed by atoms with van der Waals surface area (Å²) in [6, 6.07) is 6.36. The molecule has 0 aliphatic carbocycles. The molecular formula is C15H24N2O. The van der Waals surface area contributed by atoms with Crippen molar-refractivity contribution < 1.29 is 4.42 Å². The molecule has 0 aliphatic rings. The quantitative estimate of drug-likeness (QED) is 0.840. The van der Waals surface area contributed by atoms with Crippen molar-refractivity contribution in [2.45, 2.75) is 40.0 Å². The number of hydrogen-bond acceptors (Lipinski definition) is 3. The van der Waals surface area contributed by atoms with E-state index in [-0.39, 0.29) is 11.3 Å². The van der Waals surface area contributed by atoms with Gasteiger partial charge in [0.15, 0.2) is 0 Å². The first-order valence-corrected chi connectivity index (χ1v) is 6.54. The van der Waals surface area contributed by atoms with Crippen LogP contribution in [0.25, 0.3) is 0 Å². The first-order valence-electron chi connectivity index (χ1n) is 6.54. The Bertz CT molecular complexity index is 412. The van der Waals surface area contributed by atoms with Gasteiger partial charge in [0.2, 0.25) is 0 Å². The third kappa shape index (κ3) is 3.89. The minimum atomic E-state index is -0.0504. The lowest BCUT2D eigenvalue weighted by atomic mass is 9.89. The van der Waals surface area contributed by atoms with Crippen LogP contribution in [0.3, 0.4) is 0 Å². The summed E-state index contributed by atoms with van der Waals surface area (Å²) in [5.74, 6) is 2.39. The van der Waals surface area contributed by atoms with Gasteiger partial charge in [0.1, 0.15) is 11.5 Å². The van der Waals surface area contributed by atoms with E-state index in [1.54, 1.807) is 0 Å². The molecule has 0 saturated carbocycles. The maximum Gasteiger partial charge on any atom is 0.111 e. The van der Waals surface area contributed by atoms with Gasteiger partial charge in [-0.3, -0.25) is 0 Å². The van der Waals surface area contributed by atoms with Crippen molar-refractivity contribution in [3.63, 3.8) is 0 Å². The van der Waals surface area contributed by atoms with Gasteiger partial charge in [0, 0.05) is 18.5 Å². The molecule has 1 aromatic heterocycles. The normalized spacial score (nSPS) is 13.6. The molecule has 0 radical (unpaired) electrons. The summed E-state index contributed by atoms with van der Waals surface area (Å²) in [6.45, 7) is 12.0. The van der Waals surface area contributed by atoms with E-state index in [1.165, 1.54) is 0 Å². The van der Waals surface area contributed by atoms with Crippen molar-refractivity contribution in [3.8, 4) is 6.07 Å². The van der Waals surface area contributed by atoms with Crippen molar-refractivity contribution in [2.75, 3.05) is 13.1 Å². The predicted octanol–water partition coefficient (Wildman–Crippen LogP) is 3.25. The zero-order valence-corrected chi connectivity index (χ0v) is 12.1. The Morgan fingerprint density at radius 2 is 2.06 bits per heavy atom. The zero-order chi connectivity index (χ0) is 13.8. The highest BCUT2D eigenvalue weighted by Crippen LogP contribution is 2.24. The number of furan rings is 1. The second kappa shape index (κ2) is 6.06. The standard InChI is InChI=1S/C15H24N2O/c1-11(2)13(8-16)9-17-10-15(4,5)14-7-6-12(3)18-14/h6-7,11,13,17H,9-10H2,1-5H3. The average molecular weight is 248 g/mol. The van der Waals surface area contributed by atoms with Crippen molar-refractivity contribution in [2.24, 2.45) is 11.8 Å². The molecule has 0 amide bonds. The van der Waals surface area contributed by atoms with Crippen LogP contribution in [-0.4, -0.2) is 13.1 Å². The first kappa shape index (κ1) is 14.8. The molecule has 0 aliphatic heterocycles. The number of nitrogens with zero attached hydrogens (tertiary/aromatic N) is 1. The van der Waals surface area contributed by atoms with Crippen LogP contribution in [0.15, 0.2) is 16.5 Å². The van der Waals surface area contributed by atoms with Crippen LogP contribution in [0.5, 0.6) is 0 Å². The van der Waals surface area contributed by atoms with Gasteiger partial charge in [-0.2, -0.15) is 5.26 Å². The Labute approximate surface area is 110 Å². The smallest absolute Gasteiger partial charge is 0.111 e. The molecule has 3 heteroatoms. The van der Waals surface area contributed by atoms with E-state index in [9.17, 15) is 0 Å². The van der Waals surface area contributed by atoms with Gasteiger partial charge in [-0.05, 0) is 25.0 Å². The SMILES string of the molecule is Cc1ccc(C(C)(C)CNCC(C#N)C(C)C)o1. The summed E-state index contributed by atoms with van der Waals surface area (Å²) in [5, 5.41) is 12.4. The Morgan fingerprint density at radius 3 is 2.50 bits per heavy atom. The Balaban J connectivity index is 2.50. The number of nitrogens with one attached hydrogen (secondary N) is 1. The average Bonchev–Trinajstić information content (AvgIpc) is 2.71. The minimum Gasteiger partial charge on any atom is -0.466 e. The Kier molecular flexibility index (Phi) is 4.98. The predicted molar refractivity (Wildman–Crippen MR) is 73.3 cm³/mol. The summed E-state index contributed by atoms with van der Waals surface area (Å²) < 4.78 is 5.67. The van der Waals surface area contributed by atoms with E-state index in [2.05, 4.69) is 39.1 Å². The van der Waals surface area contributed by atoms with Gasteiger partial charge in [-0.15, -0.1) is 0 Å². The first-order chi connectivity index (χ1) is 8.36. The van der Waals surface area contributed by atoms with Gasteiger partial charge < -0.3 is 9.73 Å². The summed E-state index contributed by atoms with van der Waals surface area (Å²) in [5.41, 5.74) is -0.0504. The second-order valence-corrected chi connectivity index (χ2v) is 5.90. The lowest BCUT2D eigenvalue weighted by Crippen LogP contribution is -2.36. The van der Waals surface area contributed by atoms with Crippen LogP contribution in [0, 0.1) is 30.1 Å². The number of hydrogen-bond donors (Lipinski definition) is 1. The molecule has 0 spiro atoms. The molecule has 0 saturated heterocycles. The molecule has 3 nitrogen and oxygen atoms in total. The highest BCUT2D eigenvalue weighted by molar-refractivity contribution is 5.15. The molecule has 1 heterocycles. The number of rotatable bonds is 6. The monoisotopic (exact) mass is 248 g/mol. The van der Waals surface area contributed by atoms with Crippen LogP contribution in [0.2, 0.25) is 0 Å². The number of aryl methyl sites for hydroxylation is 1. The third-order valence-electron chi connectivity index (χ3n) is 3.31. The Morgan fingerprint density at radius 1 is 1.39 bits per heavy atom. The molecule has 18 heavy (non-hydrogen) atoms. The van der Waals surface area contributed by atoms with Crippen LogP contribution >= 0.6 is 0 Å². The molecule has 1 atom stereocenters. The fourth-order valence-corrected chi connectivity index (χ4v) is 1.86. The van der Waals surface area contributed by atoms with E-state index in [0.29, 0.717) is 5.92 Å². The molecule has 1 unspecified atom stereocenters. The molecule has 0 fully saturated rings. The van der Waals surface area contributed by atoms with E-state index in [1.807, 2.05) is 19.1 Å². The second-order valence-electron chi connectivity index (χ2n) is 5.90. The van der Waals surface area contributed by atoms with E-state index >= 15 is 0 Å². The highest BCUT2D eigenvalue weighted by atomic mass is 16.3. The lowest BCUT2D eigenvalue weighted by Gasteiger charge is -2.24. The fraction of sp³-hybridized carbons (Fsp3) is 0.667. The molecule has 100 valence electrons. The van der Waals surface area contributed by atoms with Crippen molar-refractivity contribution >= 4 is 0 Å². The lowest BCUT2D eigenvalue weighted by molar-refractivity contribution is 0.343. The van der Waals surface area contributed by atoms with Gasteiger partial charge in [-0.25, -0.2) is 0 Å². The maximum absolute atomic E-state index is 9.04. The van der Waals surface area contributed by atoms with Gasteiger partial charge in [0.25, 0.3) is 0 Å². The van der Waals surface area contributed by atoms with Crippen LogP contribution in [0.1, 0.15) is 39.2 Å². The Hall–Kier alpha value is -1.27. The van der Waals surface area contributed by atoms with Gasteiger partial charge >= 0.3 is 0 Å². The zero-order valence-electron chi connectivity index (χ0n) is 12.1. The van der Waals surface area contributed by atoms with Crippen molar-refractivity contribution in [1.29, 1.82) is 5.26 Å². The fourth-order valence-electron chi connectivity index (χ4n) is 1.86. The molecule has 0 aromatic carbocycles. The summed E-state index contributed by atoms with van der Waals surface area (Å²) in [6.07, 6.45) is 0. The summed E-state index contributed by atoms with van der Waals surface area (Å²) >= 11 is 0. The molecule has 1 aromatic rings. The van der Waals surface area contributed by atoms with Crippen molar-refractivity contribution in [3.05, 3.63) is 23.7 Å². The highest BCUT2D eigenvalue weighted by Gasteiger charge is 2.24. The minimum absolute atomic E-state index is 0.0504. The van der Waals surface area contributed by atoms with Crippen LogP contribution < -0.4 is 5.32 Å². The molecule has 0 bridgehead atoms. The molecular weight excluding hydrogens is 224 g/mol. The topological polar surface area (TPSA) is 49.0 Å². The van der Waals surface area contributed by atoms with Gasteiger partial charge in [-0.1, -0.05) is 27.7 Å². The third-order valence-corrected chi connectivity index (χ3v) is 3.31. The number of nitriles is 1. The van der Waals surface area contributed by atoms with Gasteiger partial charge in [0.05, 0.1) is 12.0 Å². The van der Waals surface area contributed by atoms with Crippen LogP contribution in [-0.2, 0) is 5.41 Å². The summed E-state index contributed by atoms with van der Waals surface area (Å²) in [4.78, 5) is 0. The maximum atomic E-state index is 9.04. The summed E-state index contributed by atoms with van der Waals surface area (Å²) in [7, 11) is 0. The van der Waals surface area contributed by atoms with Crippen LogP contribution in [0.4, 0.5) is 0 Å². The molecule has 1 rings (SSSR count). The van der Waals surface area contributed by atoms with Crippen molar-refractivity contribution in [1.82, 2.24) is 5.32 Å². The molecule has 1 N–H and O–H groups in total. The van der Waals surface area contributed by atoms with E-state index in [0.717, 1.165) is 24.6 Å². The van der Waals surface area contributed by atoms with E-state index in [4.69, 9.17) is 9.68 Å².